The van der Waals surface area contributed by atoms with Gasteiger partial charge < -0.3 is 10.1 Å². The molecule has 0 radical (unpaired) electrons. The van der Waals surface area contributed by atoms with Gasteiger partial charge in [-0.3, -0.25) is 4.68 Å². The minimum absolute atomic E-state index is 0.536. The van der Waals surface area contributed by atoms with Crippen molar-refractivity contribution in [2.75, 3.05) is 13.7 Å². The zero-order chi connectivity index (χ0) is 14.3. The maximum absolute atomic E-state index is 5.40. The second-order valence-corrected chi connectivity index (χ2v) is 5.07. The molecule has 1 heterocycles. The van der Waals surface area contributed by atoms with Crippen molar-refractivity contribution in [2.24, 2.45) is 0 Å². The lowest BCUT2D eigenvalue weighted by Gasteiger charge is -2.10. The first-order valence-electron chi connectivity index (χ1n) is 7.10. The van der Waals surface area contributed by atoms with Crippen molar-refractivity contribution < 1.29 is 4.74 Å². The Morgan fingerprint density at radius 1 is 1.53 bits per heavy atom. The second kappa shape index (κ2) is 8.00. The molecule has 4 heteroatoms. The number of aromatic nitrogens is 2. The van der Waals surface area contributed by atoms with Gasteiger partial charge in [0.1, 0.15) is 5.69 Å². The molecule has 0 aliphatic carbocycles. The van der Waals surface area contributed by atoms with Crippen LogP contribution in [-0.2, 0) is 6.54 Å². The molecule has 1 rings (SSSR count). The van der Waals surface area contributed by atoms with Crippen LogP contribution in [0.3, 0.4) is 0 Å². The van der Waals surface area contributed by atoms with Crippen molar-refractivity contribution in [3.63, 3.8) is 0 Å². The molecule has 0 amide bonds. The molecule has 19 heavy (non-hydrogen) atoms. The minimum atomic E-state index is 0.536. The molecule has 0 aliphatic heterocycles. The number of rotatable bonds is 8. The lowest BCUT2D eigenvalue weighted by Crippen LogP contribution is -2.23. The van der Waals surface area contributed by atoms with E-state index in [1.807, 2.05) is 4.68 Å². The molecule has 0 bridgehead atoms. The predicted octanol–water partition coefficient (Wildman–Crippen LogP) is 3.09. The maximum Gasteiger partial charge on any atom is 0.164 e. The Hall–Kier alpha value is -1.29. The summed E-state index contributed by atoms with van der Waals surface area (Å²) in [7, 11) is 1.70. The number of ether oxygens (including phenoxy) is 1. The van der Waals surface area contributed by atoms with Gasteiger partial charge in [-0.25, -0.2) is 0 Å². The number of nitrogens with zero attached hydrogens (tertiary/aromatic N) is 2. The summed E-state index contributed by atoms with van der Waals surface area (Å²) in [6, 6.07) is 0.536. The fraction of sp³-hybridized carbons (Fsp3) is 0.667. The van der Waals surface area contributed by atoms with Gasteiger partial charge in [0, 0.05) is 12.6 Å². The molecular weight excluding hydrogens is 238 g/mol. The summed E-state index contributed by atoms with van der Waals surface area (Å²) in [5.41, 5.74) is 2.34. The Labute approximate surface area is 116 Å². The number of methoxy groups -OCH3 is 1. The Morgan fingerprint density at radius 2 is 2.26 bits per heavy atom. The molecule has 0 saturated carbocycles. The molecule has 0 unspecified atom stereocenters. The Kier molecular flexibility index (Phi) is 6.64. The maximum atomic E-state index is 5.40. The third-order valence-electron chi connectivity index (χ3n) is 2.98. The number of hydrogen-bond acceptors (Lipinski definition) is 3. The standard InChI is InChI=1S/C15H27N3O/c1-6-10-18-15(14(19-5)11-17-18)13(4)8-7-9-16-12(2)3/h8,11-12,16H,6-7,9-10H2,1-5H3. The highest BCUT2D eigenvalue weighted by Gasteiger charge is 2.12. The highest BCUT2D eigenvalue weighted by molar-refractivity contribution is 5.65. The smallest absolute Gasteiger partial charge is 0.164 e. The fourth-order valence-corrected chi connectivity index (χ4v) is 2.05. The quantitative estimate of drug-likeness (QED) is 0.734. The van der Waals surface area contributed by atoms with Crippen LogP contribution in [0.25, 0.3) is 5.57 Å². The Bertz CT molecular complexity index is 408. The van der Waals surface area contributed by atoms with E-state index in [9.17, 15) is 0 Å². The average Bonchev–Trinajstić information content (AvgIpc) is 2.77. The molecule has 1 N–H and O–H groups in total. The minimum Gasteiger partial charge on any atom is -0.493 e. The van der Waals surface area contributed by atoms with Crippen LogP contribution in [0.5, 0.6) is 5.75 Å². The fourth-order valence-electron chi connectivity index (χ4n) is 2.05. The molecule has 4 nitrogen and oxygen atoms in total. The van der Waals surface area contributed by atoms with Gasteiger partial charge in [-0.2, -0.15) is 5.10 Å². The lowest BCUT2D eigenvalue weighted by atomic mass is 10.1. The van der Waals surface area contributed by atoms with Crippen LogP contribution >= 0.6 is 0 Å². The van der Waals surface area contributed by atoms with E-state index in [4.69, 9.17) is 4.74 Å². The molecular formula is C15H27N3O. The summed E-state index contributed by atoms with van der Waals surface area (Å²) in [4.78, 5) is 0. The van der Waals surface area contributed by atoms with Gasteiger partial charge in [0.2, 0.25) is 0 Å². The molecule has 0 aliphatic rings. The van der Waals surface area contributed by atoms with Crippen LogP contribution in [0, 0.1) is 0 Å². The van der Waals surface area contributed by atoms with Gasteiger partial charge in [-0.05, 0) is 31.9 Å². The third-order valence-corrected chi connectivity index (χ3v) is 2.98. The van der Waals surface area contributed by atoms with Crippen molar-refractivity contribution in [1.29, 1.82) is 0 Å². The number of allylic oxidation sites excluding steroid dienone is 1. The number of aryl methyl sites for hydroxylation is 1. The van der Waals surface area contributed by atoms with E-state index in [-0.39, 0.29) is 0 Å². The molecule has 1 aromatic heterocycles. The van der Waals surface area contributed by atoms with Gasteiger partial charge in [0.15, 0.2) is 5.75 Å². The number of hydrogen-bond donors (Lipinski definition) is 1. The highest BCUT2D eigenvalue weighted by Crippen LogP contribution is 2.25. The first kappa shape index (κ1) is 15.8. The van der Waals surface area contributed by atoms with Crippen molar-refractivity contribution in [3.05, 3.63) is 18.0 Å². The van der Waals surface area contributed by atoms with Crippen LogP contribution in [-0.4, -0.2) is 29.5 Å². The highest BCUT2D eigenvalue weighted by atomic mass is 16.5. The third kappa shape index (κ3) is 4.71. The van der Waals surface area contributed by atoms with Crippen LogP contribution < -0.4 is 10.1 Å². The van der Waals surface area contributed by atoms with Crippen molar-refractivity contribution in [3.8, 4) is 5.75 Å². The molecule has 0 aromatic carbocycles. The van der Waals surface area contributed by atoms with Crippen LogP contribution in [0.2, 0.25) is 0 Å². The van der Waals surface area contributed by atoms with E-state index in [1.165, 1.54) is 5.57 Å². The lowest BCUT2D eigenvalue weighted by molar-refractivity contribution is 0.412. The number of nitrogens with one attached hydrogen (secondary N) is 1. The monoisotopic (exact) mass is 265 g/mol. The van der Waals surface area contributed by atoms with Gasteiger partial charge in [0.25, 0.3) is 0 Å². The normalized spacial score (nSPS) is 12.2. The summed E-state index contributed by atoms with van der Waals surface area (Å²) in [5, 5.41) is 7.81. The van der Waals surface area contributed by atoms with E-state index >= 15 is 0 Å². The van der Waals surface area contributed by atoms with E-state index in [1.54, 1.807) is 13.3 Å². The van der Waals surface area contributed by atoms with Gasteiger partial charge >= 0.3 is 0 Å². The zero-order valence-electron chi connectivity index (χ0n) is 12.9. The summed E-state index contributed by atoms with van der Waals surface area (Å²) >= 11 is 0. The molecule has 0 atom stereocenters. The van der Waals surface area contributed by atoms with Crippen molar-refractivity contribution >= 4 is 5.57 Å². The zero-order valence-corrected chi connectivity index (χ0v) is 12.9. The van der Waals surface area contributed by atoms with Crippen LogP contribution in [0.1, 0.15) is 46.2 Å². The molecule has 0 spiro atoms. The largest absolute Gasteiger partial charge is 0.493 e. The first-order valence-corrected chi connectivity index (χ1v) is 7.10. The van der Waals surface area contributed by atoms with Gasteiger partial charge in [-0.1, -0.05) is 26.8 Å². The summed E-state index contributed by atoms with van der Waals surface area (Å²) in [6.45, 7) is 10.5. The van der Waals surface area contributed by atoms with E-state index in [0.29, 0.717) is 6.04 Å². The van der Waals surface area contributed by atoms with E-state index in [2.05, 4.69) is 44.2 Å². The van der Waals surface area contributed by atoms with Gasteiger partial charge in [-0.15, -0.1) is 0 Å². The average molecular weight is 265 g/mol. The Balaban J connectivity index is 2.75. The Morgan fingerprint density at radius 3 is 2.84 bits per heavy atom. The summed E-state index contributed by atoms with van der Waals surface area (Å²) in [5.74, 6) is 0.860. The summed E-state index contributed by atoms with van der Waals surface area (Å²) in [6.07, 6.45) is 6.14. The molecule has 0 saturated heterocycles. The predicted molar refractivity (Wildman–Crippen MR) is 80.5 cm³/mol. The van der Waals surface area contributed by atoms with Crippen molar-refractivity contribution in [2.45, 2.75) is 53.1 Å². The van der Waals surface area contributed by atoms with Crippen LogP contribution in [0.4, 0.5) is 0 Å². The van der Waals surface area contributed by atoms with E-state index < -0.39 is 0 Å². The molecule has 1 aromatic rings. The topological polar surface area (TPSA) is 39.1 Å². The first-order chi connectivity index (χ1) is 9.10. The van der Waals surface area contributed by atoms with Crippen LogP contribution in [0.15, 0.2) is 12.3 Å². The summed E-state index contributed by atoms with van der Waals surface area (Å²) < 4.78 is 7.43. The van der Waals surface area contributed by atoms with E-state index in [0.717, 1.165) is 37.4 Å². The van der Waals surface area contributed by atoms with Crippen molar-refractivity contribution in [1.82, 2.24) is 15.1 Å². The SMILES string of the molecule is CCCn1ncc(OC)c1C(C)=CCCNC(C)C. The van der Waals surface area contributed by atoms with Gasteiger partial charge in [0.05, 0.1) is 13.3 Å². The second-order valence-electron chi connectivity index (χ2n) is 5.07. The molecule has 108 valence electrons. The molecule has 0 fully saturated rings.